The molecular formula is C23H32N2O9. The molecule has 0 bridgehead atoms. The van der Waals surface area contributed by atoms with Crippen LogP contribution in [0, 0.1) is 0 Å². The zero-order chi connectivity index (χ0) is 25.5. The van der Waals surface area contributed by atoms with Crippen LogP contribution >= 0.6 is 0 Å². The Bertz CT molecular complexity index is 817. The average molecular weight is 481 g/mol. The summed E-state index contributed by atoms with van der Waals surface area (Å²) in [6.07, 6.45) is 0.598. The second-order valence-corrected chi connectivity index (χ2v) is 6.80. The first-order valence-corrected chi connectivity index (χ1v) is 11.0. The van der Waals surface area contributed by atoms with Crippen LogP contribution in [0.25, 0.3) is 0 Å². The van der Waals surface area contributed by atoms with E-state index in [4.69, 9.17) is 18.9 Å². The summed E-state index contributed by atoms with van der Waals surface area (Å²) < 4.78 is 20.1. The van der Waals surface area contributed by atoms with Gasteiger partial charge in [-0.15, -0.1) is 0 Å². The first kappa shape index (κ1) is 28.4. The van der Waals surface area contributed by atoms with Crippen LogP contribution < -0.4 is 9.80 Å². The van der Waals surface area contributed by atoms with Crippen LogP contribution in [0.2, 0.25) is 0 Å². The van der Waals surface area contributed by atoms with Crippen molar-refractivity contribution in [2.24, 2.45) is 0 Å². The summed E-state index contributed by atoms with van der Waals surface area (Å²) in [6, 6.07) is 4.45. The maximum absolute atomic E-state index is 12.3. The molecule has 0 saturated carbocycles. The van der Waals surface area contributed by atoms with E-state index in [1.165, 1.54) is 28.0 Å². The van der Waals surface area contributed by atoms with Gasteiger partial charge < -0.3 is 28.7 Å². The molecule has 188 valence electrons. The minimum absolute atomic E-state index is 0.130. The lowest BCUT2D eigenvalue weighted by molar-refractivity contribution is -0.144. The van der Waals surface area contributed by atoms with E-state index in [9.17, 15) is 24.0 Å². The van der Waals surface area contributed by atoms with E-state index >= 15 is 0 Å². The number of hydrogen-bond acceptors (Lipinski definition) is 11. The predicted molar refractivity (Wildman–Crippen MR) is 123 cm³/mol. The van der Waals surface area contributed by atoms with Crippen molar-refractivity contribution in [1.82, 2.24) is 0 Å². The van der Waals surface area contributed by atoms with Crippen LogP contribution in [0.15, 0.2) is 18.2 Å². The number of carbonyl (C=O) groups is 5. The Morgan fingerprint density at radius 1 is 0.647 bits per heavy atom. The van der Waals surface area contributed by atoms with Crippen LogP contribution in [0.1, 0.15) is 38.1 Å². The van der Waals surface area contributed by atoms with Crippen molar-refractivity contribution in [3.8, 4) is 0 Å². The van der Waals surface area contributed by atoms with E-state index in [0.717, 1.165) is 0 Å². The summed E-state index contributed by atoms with van der Waals surface area (Å²) in [6.45, 7) is 5.83. The molecule has 0 amide bonds. The molecule has 11 heteroatoms. The number of carbonyl (C=O) groups excluding carboxylic acids is 5. The van der Waals surface area contributed by atoms with E-state index in [2.05, 4.69) is 0 Å². The zero-order valence-corrected chi connectivity index (χ0v) is 20.0. The van der Waals surface area contributed by atoms with Gasteiger partial charge in [-0.2, -0.15) is 0 Å². The number of nitrogens with zero attached hydrogens (tertiary/aromatic N) is 2. The van der Waals surface area contributed by atoms with Gasteiger partial charge in [-0.1, -0.05) is 0 Å². The molecule has 0 aliphatic heterocycles. The van der Waals surface area contributed by atoms with Gasteiger partial charge in [0.2, 0.25) is 0 Å². The van der Waals surface area contributed by atoms with E-state index < -0.39 is 23.9 Å². The monoisotopic (exact) mass is 480 g/mol. The molecular weight excluding hydrogens is 448 g/mol. The normalized spacial score (nSPS) is 10.1. The molecule has 0 atom stereocenters. The lowest BCUT2D eigenvalue weighted by Gasteiger charge is -2.31. The fraction of sp³-hybridized carbons (Fsp3) is 0.522. The van der Waals surface area contributed by atoms with Gasteiger partial charge in [-0.25, -0.2) is 0 Å². The van der Waals surface area contributed by atoms with Gasteiger partial charge in [0.15, 0.2) is 0 Å². The van der Waals surface area contributed by atoms with Gasteiger partial charge in [-0.3, -0.25) is 24.0 Å². The number of aldehydes is 1. The van der Waals surface area contributed by atoms with Crippen LogP contribution in [-0.2, 0) is 38.1 Å². The fourth-order valence-electron chi connectivity index (χ4n) is 3.04. The minimum Gasteiger partial charge on any atom is -0.465 e. The SMILES string of the molecule is CCOC(=O)CN(CC(=O)OCC)c1ccc(C=O)cc1N(CC(=O)OCC)CC(=O)OCC. The van der Waals surface area contributed by atoms with Crippen LogP contribution in [0.4, 0.5) is 11.4 Å². The number of esters is 4. The maximum atomic E-state index is 12.3. The predicted octanol–water partition coefficient (Wildman–Crippen LogP) is 1.36. The van der Waals surface area contributed by atoms with Crippen molar-refractivity contribution in [2.75, 3.05) is 62.4 Å². The minimum atomic E-state index is -0.614. The third-order valence-corrected chi connectivity index (χ3v) is 4.32. The molecule has 0 spiro atoms. The number of hydrogen-bond donors (Lipinski definition) is 0. The highest BCUT2D eigenvalue weighted by Gasteiger charge is 2.25. The van der Waals surface area contributed by atoms with Crippen LogP contribution in [0.5, 0.6) is 0 Å². The first-order chi connectivity index (χ1) is 16.3. The van der Waals surface area contributed by atoms with Gasteiger partial charge >= 0.3 is 23.9 Å². The Morgan fingerprint density at radius 3 is 1.32 bits per heavy atom. The molecule has 0 heterocycles. The molecule has 0 aliphatic rings. The first-order valence-electron chi connectivity index (χ1n) is 11.0. The highest BCUT2D eigenvalue weighted by atomic mass is 16.5. The Labute approximate surface area is 198 Å². The van der Waals surface area contributed by atoms with Crippen LogP contribution in [0.3, 0.4) is 0 Å². The summed E-state index contributed by atoms with van der Waals surface area (Å²) in [4.78, 5) is 63.3. The maximum Gasteiger partial charge on any atom is 0.325 e. The van der Waals surface area contributed by atoms with Crippen molar-refractivity contribution in [1.29, 1.82) is 0 Å². The average Bonchev–Trinajstić information content (AvgIpc) is 2.78. The van der Waals surface area contributed by atoms with Crippen molar-refractivity contribution in [2.45, 2.75) is 27.7 Å². The third kappa shape index (κ3) is 9.47. The van der Waals surface area contributed by atoms with Gasteiger partial charge in [-0.05, 0) is 45.9 Å². The lowest BCUT2D eigenvalue weighted by Crippen LogP contribution is -2.40. The Hall–Kier alpha value is -3.63. The lowest BCUT2D eigenvalue weighted by atomic mass is 10.1. The summed E-state index contributed by atoms with van der Waals surface area (Å²) in [5, 5.41) is 0. The second-order valence-electron chi connectivity index (χ2n) is 6.80. The van der Waals surface area contributed by atoms with Gasteiger partial charge in [0.25, 0.3) is 0 Å². The Balaban J connectivity index is 3.54. The molecule has 0 saturated heterocycles. The summed E-state index contributed by atoms with van der Waals surface area (Å²) in [5.74, 6) is -2.42. The second kappa shape index (κ2) is 15.3. The van der Waals surface area contributed by atoms with E-state index in [0.29, 0.717) is 12.0 Å². The zero-order valence-electron chi connectivity index (χ0n) is 20.0. The summed E-state index contributed by atoms with van der Waals surface area (Å²) in [5.41, 5.74) is 0.809. The van der Waals surface area contributed by atoms with E-state index in [1.807, 2.05) is 0 Å². The summed E-state index contributed by atoms with van der Waals surface area (Å²) >= 11 is 0. The standard InChI is InChI=1S/C23H32N2O9/c1-5-31-20(27)12-24(13-21(28)32-6-2)18-10-9-17(16-26)11-19(18)25(14-22(29)33-7-3)15-23(30)34-8-4/h9-11,16H,5-8,12-15H2,1-4H3. The number of anilines is 2. The number of ether oxygens (including phenoxy) is 4. The molecule has 1 rings (SSSR count). The molecule has 11 nitrogen and oxygen atoms in total. The largest absolute Gasteiger partial charge is 0.465 e. The molecule has 1 aromatic rings. The highest BCUT2D eigenvalue weighted by Crippen LogP contribution is 2.31. The molecule has 1 aromatic carbocycles. The fourth-order valence-corrected chi connectivity index (χ4v) is 3.04. The van der Waals surface area contributed by atoms with Crippen molar-refractivity contribution in [3.63, 3.8) is 0 Å². The number of benzene rings is 1. The topological polar surface area (TPSA) is 129 Å². The molecule has 0 aromatic heterocycles. The molecule has 0 fully saturated rings. The van der Waals surface area contributed by atoms with Crippen molar-refractivity contribution >= 4 is 41.5 Å². The molecule has 0 unspecified atom stereocenters. The Kier molecular flexibility index (Phi) is 12.7. The Morgan fingerprint density at radius 2 is 1.00 bits per heavy atom. The molecule has 0 radical (unpaired) electrons. The molecule has 0 aliphatic carbocycles. The molecule has 0 N–H and O–H groups in total. The van der Waals surface area contributed by atoms with Crippen molar-refractivity contribution in [3.05, 3.63) is 23.8 Å². The number of rotatable bonds is 15. The quantitative estimate of drug-likeness (QED) is 0.205. The molecule has 34 heavy (non-hydrogen) atoms. The van der Waals surface area contributed by atoms with Crippen molar-refractivity contribution < 1.29 is 42.9 Å². The van der Waals surface area contributed by atoms with E-state index in [-0.39, 0.29) is 63.9 Å². The van der Waals surface area contributed by atoms with Crippen LogP contribution in [-0.4, -0.2) is 82.8 Å². The van der Waals surface area contributed by atoms with Gasteiger partial charge in [0.05, 0.1) is 37.8 Å². The van der Waals surface area contributed by atoms with Gasteiger partial charge in [0, 0.05) is 5.56 Å². The van der Waals surface area contributed by atoms with Gasteiger partial charge in [0.1, 0.15) is 32.5 Å². The summed E-state index contributed by atoms with van der Waals surface area (Å²) in [7, 11) is 0. The highest BCUT2D eigenvalue weighted by molar-refractivity contribution is 5.91. The van der Waals surface area contributed by atoms with E-state index in [1.54, 1.807) is 27.7 Å². The smallest absolute Gasteiger partial charge is 0.325 e. The third-order valence-electron chi connectivity index (χ3n) is 4.32.